The van der Waals surface area contributed by atoms with Gasteiger partial charge in [0.1, 0.15) is 5.25 Å². The third kappa shape index (κ3) is 4.09. The Labute approximate surface area is 151 Å². The highest BCUT2D eigenvalue weighted by molar-refractivity contribution is 8.00. The van der Waals surface area contributed by atoms with Crippen LogP contribution in [0, 0.1) is 0 Å². The minimum atomic E-state index is -0.366. The van der Waals surface area contributed by atoms with Crippen LogP contribution in [0.4, 0.5) is 0 Å². The SMILES string of the molecule is CCOC(=O)C(C)Sc1nc(-c2ccccc2)n(-c2ccccc2)n1. The summed E-state index contributed by atoms with van der Waals surface area (Å²) in [6.07, 6.45) is 0. The molecule has 2 aromatic carbocycles. The number of hydrogen-bond acceptors (Lipinski definition) is 5. The van der Waals surface area contributed by atoms with E-state index in [0.717, 1.165) is 17.1 Å². The van der Waals surface area contributed by atoms with E-state index < -0.39 is 0 Å². The summed E-state index contributed by atoms with van der Waals surface area (Å²) < 4.78 is 6.86. The first kappa shape index (κ1) is 17.2. The van der Waals surface area contributed by atoms with E-state index in [1.165, 1.54) is 11.8 Å². The van der Waals surface area contributed by atoms with Gasteiger partial charge in [0.25, 0.3) is 0 Å². The Morgan fingerprint density at radius 1 is 1.12 bits per heavy atom. The Kier molecular flexibility index (Phi) is 5.50. The van der Waals surface area contributed by atoms with Crippen molar-refractivity contribution in [2.24, 2.45) is 0 Å². The summed E-state index contributed by atoms with van der Waals surface area (Å²) in [5.41, 5.74) is 1.89. The molecule has 0 spiro atoms. The highest BCUT2D eigenvalue weighted by Crippen LogP contribution is 2.27. The van der Waals surface area contributed by atoms with Crippen molar-refractivity contribution in [3.05, 3.63) is 60.7 Å². The number of para-hydroxylation sites is 1. The van der Waals surface area contributed by atoms with Crippen molar-refractivity contribution >= 4 is 17.7 Å². The predicted octanol–water partition coefficient (Wildman–Crippen LogP) is 3.98. The molecule has 0 bridgehead atoms. The molecular weight excluding hydrogens is 334 g/mol. The number of ether oxygens (including phenoxy) is 1. The van der Waals surface area contributed by atoms with Gasteiger partial charge in [-0.05, 0) is 26.0 Å². The molecule has 1 heterocycles. The van der Waals surface area contributed by atoms with Gasteiger partial charge in [0, 0.05) is 5.56 Å². The van der Waals surface area contributed by atoms with Crippen molar-refractivity contribution in [3.63, 3.8) is 0 Å². The summed E-state index contributed by atoms with van der Waals surface area (Å²) in [6, 6.07) is 19.7. The average molecular weight is 353 g/mol. The number of benzene rings is 2. The summed E-state index contributed by atoms with van der Waals surface area (Å²) in [6.45, 7) is 3.96. The summed E-state index contributed by atoms with van der Waals surface area (Å²) in [5, 5.41) is 4.78. The fraction of sp³-hybridized carbons (Fsp3) is 0.211. The van der Waals surface area contributed by atoms with E-state index in [0.29, 0.717) is 11.8 Å². The number of aromatic nitrogens is 3. The van der Waals surface area contributed by atoms with Crippen molar-refractivity contribution in [3.8, 4) is 17.1 Å². The first-order valence-electron chi connectivity index (χ1n) is 8.10. The first-order chi connectivity index (χ1) is 12.2. The Bertz CT molecular complexity index is 777. The molecule has 1 unspecified atom stereocenters. The highest BCUT2D eigenvalue weighted by Gasteiger charge is 2.20. The molecule has 25 heavy (non-hydrogen) atoms. The van der Waals surface area contributed by atoms with Crippen molar-refractivity contribution in [2.45, 2.75) is 24.3 Å². The van der Waals surface area contributed by atoms with E-state index in [4.69, 9.17) is 4.74 Å². The summed E-state index contributed by atoms with van der Waals surface area (Å²) in [4.78, 5) is 16.5. The fourth-order valence-corrected chi connectivity index (χ4v) is 3.08. The molecule has 1 aromatic heterocycles. The largest absolute Gasteiger partial charge is 0.465 e. The van der Waals surface area contributed by atoms with Crippen LogP contribution < -0.4 is 0 Å². The van der Waals surface area contributed by atoms with Gasteiger partial charge in [-0.15, -0.1) is 5.10 Å². The van der Waals surface area contributed by atoms with Crippen LogP contribution in [0.2, 0.25) is 0 Å². The molecule has 128 valence electrons. The van der Waals surface area contributed by atoms with Crippen molar-refractivity contribution in [1.82, 2.24) is 14.8 Å². The molecule has 0 saturated heterocycles. The molecule has 1 atom stereocenters. The van der Waals surface area contributed by atoms with Crippen LogP contribution in [0.15, 0.2) is 65.8 Å². The Morgan fingerprint density at radius 2 is 1.76 bits per heavy atom. The second-order valence-corrected chi connectivity index (χ2v) is 6.65. The molecular formula is C19H19N3O2S. The van der Waals surface area contributed by atoms with Gasteiger partial charge in [-0.3, -0.25) is 4.79 Å². The van der Waals surface area contributed by atoms with E-state index in [2.05, 4.69) is 10.1 Å². The van der Waals surface area contributed by atoms with E-state index in [9.17, 15) is 4.79 Å². The number of nitrogens with zero attached hydrogens (tertiary/aromatic N) is 3. The molecule has 0 aliphatic heterocycles. The Hall–Kier alpha value is -2.60. The molecule has 0 amide bonds. The maximum atomic E-state index is 11.9. The first-order valence-corrected chi connectivity index (χ1v) is 8.98. The van der Waals surface area contributed by atoms with E-state index >= 15 is 0 Å². The minimum absolute atomic E-state index is 0.259. The second kappa shape index (κ2) is 7.98. The van der Waals surface area contributed by atoms with Gasteiger partial charge in [-0.1, -0.05) is 60.3 Å². The number of thioether (sulfide) groups is 1. The molecule has 0 N–H and O–H groups in total. The van der Waals surface area contributed by atoms with Crippen molar-refractivity contribution in [1.29, 1.82) is 0 Å². The van der Waals surface area contributed by atoms with Gasteiger partial charge >= 0.3 is 5.97 Å². The van der Waals surface area contributed by atoms with E-state index in [1.807, 2.05) is 60.7 Å². The van der Waals surface area contributed by atoms with E-state index in [-0.39, 0.29) is 11.2 Å². The monoisotopic (exact) mass is 353 g/mol. The molecule has 6 heteroatoms. The summed E-state index contributed by atoms with van der Waals surface area (Å²) >= 11 is 1.30. The lowest BCUT2D eigenvalue weighted by atomic mass is 10.2. The normalized spacial score (nSPS) is 11.9. The summed E-state index contributed by atoms with van der Waals surface area (Å²) in [7, 11) is 0. The quantitative estimate of drug-likeness (QED) is 0.496. The third-order valence-electron chi connectivity index (χ3n) is 3.52. The lowest BCUT2D eigenvalue weighted by Gasteiger charge is -2.07. The Balaban J connectivity index is 1.96. The highest BCUT2D eigenvalue weighted by atomic mass is 32.2. The molecule has 0 fully saturated rings. The van der Waals surface area contributed by atoms with Crippen LogP contribution in [0.3, 0.4) is 0 Å². The zero-order valence-electron chi connectivity index (χ0n) is 14.1. The predicted molar refractivity (Wildman–Crippen MR) is 98.7 cm³/mol. The maximum absolute atomic E-state index is 11.9. The van der Waals surface area contributed by atoms with Crippen LogP contribution in [0.1, 0.15) is 13.8 Å². The number of carbonyl (C=O) groups is 1. The van der Waals surface area contributed by atoms with Crippen LogP contribution >= 0.6 is 11.8 Å². The molecule has 0 radical (unpaired) electrons. The molecule has 0 aliphatic rings. The van der Waals surface area contributed by atoms with Gasteiger partial charge < -0.3 is 4.74 Å². The molecule has 3 rings (SSSR count). The van der Waals surface area contributed by atoms with Crippen molar-refractivity contribution in [2.75, 3.05) is 6.61 Å². The smallest absolute Gasteiger partial charge is 0.319 e. The van der Waals surface area contributed by atoms with Crippen molar-refractivity contribution < 1.29 is 9.53 Å². The lowest BCUT2D eigenvalue weighted by Crippen LogP contribution is -2.16. The van der Waals surface area contributed by atoms with Crippen LogP contribution in [0.5, 0.6) is 0 Å². The van der Waals surface area contributed by atoms with E-state index in [1.54, 1.807) is 18.5 Å². The standard InChI is InChI=1S/C19H19N3O2S/c1-3-24-18(23)14(2)25-19-20-17(15-10-6-4-7-11-15)22(21-19)16-12-8-5-9-13-16/h4-14H,3H2,1-2H3. The molecule has 0 saturated carbocycles. The van der Waals surface area contributed by atoms with Gasteiger partial charge in [0.05, 0.1) is 12.3 Å². The van der Waals surface area contributed by atoms with Gasteiger partial charge in [-0.2, -0.15) is 0 Å². The Morgan fingerprint density at radius 3 is 2.40 bits per heavy atom. The van der Waals surface area contributed by atoms with Gasteiger partial charge in [-0.25, -0.2) is 9.67 Å². The maximum Gasteiger partial charge on any atom is 0.319 e. The van der Waals surface area contributed by atoms with Crippen LogP contribution in [-0.4, -0.2) is 32.6 Å². The second-order valence-electron chi connectivity index (χ2n) is 5.34. The third-order valence-corrected chi connectivity index (χ3v) is 4.45. The zero-order chi connectivity index (χ0) is 17.6. The number of esters is 1. The number of hydrogen-bond donors (Lipinski definition) is 0. The van der Waals surface area contributed by atoms with Crippen LogP contribution in [0.25, 0.3) is 17.1 Å². The topological polar surface area (TPSA) is 57.0 Å². The molecule has 0 aliphatic carbocycles. The average Bonchev–Trinajstić information content (AvgIpc) is 3.07. The molecule has 5 nitrogen and oxygen atoms in total. The number of carbonyl (C=O) groups excluding carboxylic acids is 1. The van der Waals surface area contributed by atoms with Gasteiger partial charge in [0.15, 0.2) is 5.82 Å². The van der Waals surface area contributed by atoms with Crippen LogP contribution in [-0.2, 0) is 9.53 Å². The number of rotatable bonds is 6. The zero-order valence-corrected chi connectivity index (χ0v) is 14.9. The molecule has 3 aromatic rings. The fourth-order valence-electron chi connectivity index (χ4n) is 2.33. The summed E-state index contributed by atoms with van der Waals surface area (Å²) in [5.74, 6) is 0.482. The lowest BCUT2D eigenvalue weighted by molar-refractivity contribution is -0.142. The van der Waals surface area contributed by atoms with Gasteiger partial charge in [0.2, 0.25) is 5.16 Å². The minimum Gasteiger partial charge on any atom is -0.465 e.